The van der Waals surface area contributed by atoms with Gasteiger partial charge in [-0.15, -0.1) is 5.10 Å². The highest BCUT2D eigenvalue weighted by molar-refractivity contribution is 7.99. The summed E-state index contributed by atoms with van der Waals surface area (Å²) in [7, 11) is 0. The van der Waals surface area contributed by atoms with Gasteiger partial charge in [0.25, 0.3) is 0 Å². The van der Waals surface area contributed by atoms with Crippen LogP contribution >= 0.6 is 11.8 Å². The van der Waals surface area contributed by atoms with Gasteiger partial charge in [0.05, 0.1) is 49.2 Å². The molecule has 0 bridgehead atoms. The number of nitrogens with one attached hydrogen (secondary N) is 1. The molecule has 4 rings (SSSR count). The summed E-state index contributed by atoms with van der Waals surface area (Å²) >= 11 is 1.26. The number of aromatic nitrogens is 4. The van der Waals surface area contributed by atoms with Crippen molar-refractivity contribution in [2.24, 2.45) is 0 Å². The van der Waals surface area contributed by atoms with Gasteiger partial charge in [-0.1, -0.05) is 29.5 Å². The lowest BCUT2D eigenvalue weighted by Gasteiger charge is -2.31. The quantitative estimate of drug-likeness (QED) is 0.422. The van der Waals surface area contributed by atoms with Crippen LogP contribution in [0.4, 0.5) is 11.4 Å². The summed E-state index contributed by atoms with van der Waals surface area (Å²) in [6, 6.07) is 11.6. The molecule has 0 spiro atoms. The summed E-state index contributed by atoms with van der Waals surface area (Å²) in [6.45, 7) is 9.71. The van der Waals surface area contributed by atoms with Crippen LogP contribution in [0.5, 0.6) is 11.5 Å². The number of hydrogen-bond donors (Lipinski definition) is 1. The van der Waals surface area contributed by atoms with Crippen molar-refractivity contribution >= 4 is 29.0 Å². The molecule has 0 atom stereocenters. The van der Waals surface area contributed by atoms with Gasteiger partial charge in [-0.3, -0.25) is 4.79 Å². The molecule has 0 radical (unpaired) electrons. The van der Waals surface area contributed by atoms with Gasteiger partial charge in [0.2, 0.25) is 11.1 Å². The molecule has 11 heteroatoms. The van der Waals surface area contributed by atoms with E-state index >= 15 is 0 Å². The number of hydrogen-bond acceptors (Lipinski definition) is 9. The van der Waals surface area contributed by atoms with Crippen LogP contribution in [0.1, 0.15) is 19.4 Å². The summed E-state index contributed by atoms with van der Waals surface area (Å²) < 4.78 is 18.9. The normalized spacial score (nSPS) is 13.5. The highest BCUT2D eigenvalue weighted by Crippen LogP contribution is 2.39. The molecule has 35 heavy (non-hydrogen) atoms. The number of rotatable bonds is 10. The number of anilines is 2. The first kappa shape index (κ1) is 24.8. The van der Waals surface area contributed by atoms with Gasteiger partial charge in [0.1, 0.15) is 11.5 Å². The van der Waals surface area contributed by atoms with Crippen molar-refractivity contribution in [1.82, 2.24) is 20.2 Å². The minimum absolute atomic E-state index is 0.132. The van der Waals surface area contributed by atoms with Crippen molar-refractivity contribution in [1.29, 1.82) is 0 Å². The lowest BCUT2D eigenvalue weighted by Crippen LogP contribution is -2.36. The molecule has 1 aromatic heterocycles. The zero-order valence-electron chi connectivity index (χ0n) is 20.2. The summed E-state index contributed by atoms with van der Waals surface area (Å²) in [4.78, 5) is 15.1. The average molecular weight is 499 g/mol. The molecule has 1 saturated heterocycles. The fraction of sp³-hybridized carbons (Fsp3) is 0.417. The van der Waals surface area contributed by atoms with E-state index in [9.17, 15) is 4.79 Å². The minimum atomic E-state index is -0.198. The molecule has 0 aliphatic carbocycles. The van der Waals surface area contributed by atoms with E-state index in [1.807, 2.05) is 57.2 Å². The molecular weight excluding hydrogens is 468 g/mol. The maximum absolute atomic E-state index is 12.9. The highest BCUT2D eigenvalue weighted by Gasteiger charge is 2.21. The van der Waals surface area contributed by atoms with Gasteiger partial charge in [-0.2, -0.15) is 4.68 Å². The van der Waals surface area contributed by atoms with E-state index in [4.69, 9.17) is 14.2 Å². The van der Waals surface area contributed by atoms with Gasteiger partial charge < -0.3 is 24.4 Å². The third kappa shape index (κ3) is 6.23. The molecule has 1 N–H and O–H groups in total. The number of amides is 1. The van der Waals surface area contributed by atoms with Gasteiger partial charge >= 0.3 is 0 Å². The molecular formula is C24H30N6O4S. The van der Waals surface area contributed by atoms with Crippen molar-refractivity contribution in [3.8, 4) is 17.2 Å². The second kappa shape index (κ2) is 11.9. The molecule has 3 aromatic rings. The third-order valence-corrected chi connectivity index (χ3v) is 6.26. The van der Waals surface area contributed by atoms with E-state index in [-0.39, 0.29) is 11.7 Å². The van der Waals surface area contributed by atoms with Gasteiger partial charge in [-0.05, 0) is 43.3 Å². The number of carbonyl (C=O) groups excluding carboxylic acids is 1. The maximum atomic E-state index is 12.9. The van der Waals surface area contributed by atoms with Crippen LogP contribution in [0.3, 0.4) is 0 Å². The Balaban J connectivity index is 1.49. The van der Waals surface area contributed by atoms with E-state index in [2.05, 4.69) is 25.7 Å². The number of ether oxygens (including phenoxy) is 3. The van der Waals surface area contributed by atoms with Crippen molar-refractivity contribution < 1.29 is 19.0 Å². The number of benzene rings is 2. The Morgan fingerprint density at radius 1 is 1.09 bits per heavy atom. The Morgan fingerprint density at radius 3 is 2.51 bits per heavy atom. The van der Waals surface area contributed by atoms with E-state index < -0.39 is 0 Å². The second-order valence-corrected chi connectivity index (χ2v) is 8.77. The van der Waals surface area contributed by atoms with Crippen LogP contribution in [-0.2, 0) is 9.53 Å². The van der Waals surface area contributed by atoms with E-state index in [0.29, 0.717) is 48.8 Å². The Kier molecular flexibility index (Phi) is 8.43. The van der Waals surface area contributed by atoms with Gasteiger partial charge in [0.15, 0.2) is 0 Å². The molecule has 186 valence electrons. The second-order valence-electron chi connectivity index (χ2n) is 7.83. The Labute approximate surface area is 208 Å². The molecule has 1 aliphatic heterocycles. The van der Waals surface area contributed by atoms with E-state index in [1.54, 1.807) is 4.68 Å². The van der Waals surface area contributed by atoms with Gasteiger partial charge in [0, 0.05) is 25.2 Å². The van der Waals surface area contributed by atoms with E-state index in [0.717, 1.165) is 30.0 Å². The third-order valence-electron chi connectivity index (χ3n) is 5.34. The highest BCUT2D eigenvalue weighted by atomic mass is 32.2. The van der Waals surface area contributed by atoms with Crippen molar-refractivity contribution in [2.75, 3.05) is 55.5 Å². The SMILES string of the molecule is CCOc1cc(N2CCOCC2)c(OCC)cc1NC(=O)CSc1nnnn1-c1ccc(C)cc1. The lowest BCUT2D eigenvalue weighted by molar-refractivity contribution is -0.113. The summed E-state index contributed by atoms with van der Waals surface area (Å²) in [5, 5.41) is 15.4. The first-order valence-corrected chi connectivity index (χ1v) is 12.6. The molecule has 1 aliphatic rings. The average Bonchev–Trinajstić information content (AvgIpc) is 3.34. The fourth-order valence-corrected chi connectivity index (χ4v) is 4.37. The minimum Gasteiger partial charge on any atom is -0.492 e. The fourth-order valence-electron chi connectivity index (χ4n) is 3.68. The molecule has 1 fully saturated rings. The van der Waals surface area contributed by atoms with E-state index in [1.165, 1.54) is 11.8 Å². The number of carbonyl (C=O) groups is 1. The molecule has 0 saturated carbocycles. The number of morpholine rings is 1. The number of nitrogens with zero attached hydrogens (tertiary/aromatic N) is 5. The van der Waals surface area contributed by atoms with Crippen molar-refractivity contribution in [2.45, 2.75) is 25.9 Å². The molecule has 0 unspecified atom stereocenters. The number of thioether (sulfide) groups is 1. The van der Waals surface area contributed by atoms with Crippen LogP contribution in [0.2, 0.25) is 0 Å². The summed E-state index contributed by atoms with van der Waals surface area (Å²) in [5.74, 6) is 1.23. The van der Waals surface area contributed by atoms with Crippen LogP contribution in [0.15, 0.2) is 41.6 Å². The van der Waals surface area contributed by atoms with Crippen molar-refractivity contribution in [3.63, 3.8) is 0 Å². The predicted molar refractivity (Wildman–Crippen MR) is 135 cm³/mol. The summed E-state index contributed by atoms with van der Waals surface area (Å²) in [5.41, 5.74) is 3.48. The molecule has 10 nitrogen and oxygen atoms in total. The Bertz CT molecular complexity index is 1130. The van der Waals surface area contributed by atoms with Crippen LogP contribution in [0, 0.1) is 6.92 Å². The smallest absolute Gasteiger partial charge is 0.234 e. The van der Waals surface area contributed by atoms with Crippen LogP contribution < -0.4 is 19.7 Å². The Hall–Kier alpha value is -3.31. The first-order chi connectivity index (χ1) is 17.1. The summed E-state index contributed by atoms with van der Waals surface area (Å²) in [6.07, 6.45) is 0. The van der Waals surface area contributed by atoms with Crippen LogP contribution in [-0.4, -0.2) is 71.4 Å². The molecule has 2 aromatic carbocycles. The number of tetrazole rings is 1. The van der Waals surface area contributed by atoms with Gasteiger partial charge in [-0.25, -0.2) is 0 Å². The van der Waals surface area contributed by atoms with Crippen LogP contribution in [0.25, 0.3) is 5.69 Å². The zero-order chi connectivity index (χ0) is 24.6. The standard InChI is InChI=1S/C24H30N6O4S/c1-4-33-21-15-20(29-10-12-32-13-11-29)22(34-5-2)14-19(21)25-23(31)16-35-24-26-27-28-30(24)18-8-6-17(3)7-9-18/h6-9,14-15H,4-5,10-13,16H2,1-3H3,(H,25,31). The molecule has 2 heterocycles. The monoisotopic (exact) mass is 498 g/mol. The first-order valence-electron chi connectivity index (χ1n) is 11.6. The molecule has 1 amide bonds. The van der Waals surface area contributed by atoms with Crippen molar-refractivity contribution in [3.05, 3.63) is 42.0 Å². The Morgan fingerprint density at radius 2 is 1.80 bits per heavy atom. The predicted octanol–water partition coefficient (Wildman–Crippen LogP) is 3.34. The largest absolute Gasteiger partial charge is 0.492 e. The zero-order valence-corrected chi connectivity index (χ0v) is 21.0. The number of aryl methyl sites for hydroxylation is 1. The topological polar surface area (TPSA) is 104 Å². The maximum Gasteiger partial charge on any atom is 0.234 e. The lowest BCUT2D eigenvalue weighted by atomic mass is 10.2.